The van der Waals surface area contributed by atoms with Gasteiger partial charge in [-0.05, 0) is 29.8 Å². The molecule has 25 heavy (non-hydrogen) atoms. The monoisotopic (exact) mass is 337 g/mol. The number of nitrogens with zero attached hydrogens (tertiary/aromatic N) is 3. The van der Waals surface area contributed by atoms with Gasteiger partial charge in [-0.1, -0.05) is 24.3 Å². The van der Waals surface area contributed by atoms with E-state index in [-0.39, 0.29) is 18.0 Å². The van der Waals surface area contributed by atoms with Crippen molar-refractivity contribution in [3.05, 3.63) is 70.6 Å². The Morgan fingerprint density at radius 1 is 1.20 bits per heavy atom. The summed E-state index contributed by atoms with van der Waals surface area (Å²) in [5, 5.41) is 0. The van der Waals surface area contributed by atoms with Gasteiger partial charge in [0.05, 0.1) is 24.3 Å². The molecular formula is C19H19N3O3. The fourth-order valence-corrected chi connectivity index (χ4v) is 2.67. The Morgan fingerprint density at radius 3 is 2.80 bits per heavy atom. The number of ether oxygens (including phenoxy) is 1. The highest BCUT2D eigenvalue weighted by molar-refractivity contribution is 5.79. The molecule has 0 aliphatic rings. The van der Waals surface area contributed by atoms with Crippen LogP contribution in [0, 0.1) is 0 Å². The molecule has 6 heteroatoms. The van der Waals surface area contributed by atoms with E-state index in [1.54, 1.807) is 25.1 Å². The molecule has 0 N–H and O–H groups in total. The number of aromatic nitrogens is 2. The second kappa shape index (κ2) is 7.17. The van der Waals surface area contributed by atoms with Gasteiger partial charge in [0.25, 0.3) is 5.56 Å². The van der Waals surface area contributed by atoms with E-state index >= 15 is 0 Å². The summed E-state index contributed by atoms with van der Waals surface area (Å²) in [6.07, 6.45) is 1.25. The SMILES string of the molecule is COc1cccc(CN(C)C(=O)Cn2c(=O)cnc3ccccc32)c1. The number of amides is 1. The first kappa shape index (κ1) is 16.7. The van der Waals surface area contributed by atoms with E-state index in [4.69, 9.17) is 4.74 Å². The molecule has 0 radical (unpaired) electrons. The lowest BCUT2D eigenvalue weighted by atomic mass is 10.2. The van der Waals surface area contributed by atoms with Crippen LogP contribution in [0.25, 0.3) is 11.0 Å². The van der Waals surface area contributed by atoms with E-state index in [9.17, 15) is 9.59 Å². The van der Waals surface area contributed by atoms with Crippen molar-refractivity contribution in [2.45, 2.75) is 13.1 Å². The minimum Gasteiger partial charge on any atom is -0.497 e. The van der Waals surface area contributed by atoms with Gasteiger partial charge in [0.2, 0.25) is 5.91 Å². The molecule has 3 rings (SSSR count). The molecule has 1 aromatic heterocycles. The second-order valence-corrected chi connectivity index (χ2v) is 5.77. The summed E-state index contributed by atoms with van der Waals surface area (Å²) < 4.78 is 6.65. The zero-order valence-electron chi connectivity index (χ0n) is 14.2. The standard InChI is InChI=1S/C19H19N3O3/c1-21(12-14-6-5-7-15(10-14)25-2)19(24)13-22-17-9-4-3-8-16(17)20-11-18(22)23/h3-11H,12-13H2,1-2H3. The molecule has 0 aliphatic carbocycles. The van der Waals surface area contributed by atoms with E-state index in [0.717, 1.165) is 11.3 Å². The number of methoxy groups -OCH3 is 1. The van der Waals surface area contributed by atoms with E-state index in [1.165, 1.54) is 10.8 Å². The molecule has 0 saturated heterocycles. The van der Waals surface area contributed by atoms with Crippen molar-refractivity contribution in [2.75, 3.05) is 14.2 Å². The summed E-state index contributed by atoms with van der Waals surface area (Å²) in [6, 6.07) is 14.8. The molecule has 0 unspecified atom stereocenters. The number of para-hydroxylation sites is 2. The lowest BCUT2D eigenvalue weighted by Crippen LogP contribution is -2.33. The fourth-order valence-electron chi connectivity index (χ4n) is 2.67. The van der Waals surface area contributed by atoms with E-state index in [2.05, 4.69) is 4.98 Å². The number of carbonyl (C=O) groups excluding carboxylic acids is 1. The van der Waals surface area contributed by atoms with Crippen molar-refractivity contribution >= 4 is 16.9 Å². The summed E-state index contributed by atoms with van der Waals surface area (Å²) in [6.45, 7) is 0.413. The molecule has 1 amide bonds. The average Bonchev–Trinajstić information content (AvgIpc) is 2.64. The Bertz CT molecular complexity index is 965. The third-order valence-corrected chi connectivity index (χ3v) is 4.03. The van der Waals surface area contributed by atoms with Crippen LogP contribution in [0.5, 0.6) is 5.75 Å². The molecule has 1 heterocycles. The third-order valence-electron chi connectivity index (χ3n) is 4.03. The summed E-state index contributed by atoms with van der Waals surface area (Å²) in [4.78, 5) is 30.4. The van der Waals surface area contributed by atoms with E-state index in [1.807, 2.05) is 42.5 Å². The second-order valence-electron chi connectivity index (χ2n) is 5.77. The highest BCUT2D eigenvalue weighted by Crippen LogP contribution is 2.14. The fraction of sp³-hybridized carbons (Fsp3) is 0.211. The van der Waals surface area contributed by atoms with Gasteiger partial charge in [0.15, 0.2) is 0 Å². The van der Waals surface area contributed by atoms with E-state index < -0.39 is 0 Å². The predicted octanol–water partition coefficient (Wildman–Crippen LogP) is 2.06. The minimum atomic E-state index is -0.290. The quantitative estimate of drug-likeness (QED) is 0.715. The lowest BCUT2D eigenvalue weighted by molar-refractivity contribution is -0.131. The van der Waals surface area contributed by atoms with Crippen molar-refractivity contribution in [1.82, 2.24) is 14.5 Å². The Kier molecular flexibility index (Phi) is 4.79. The van der Waals surface area contributed by atoms with Crippen LogP contribution in [0.2, 0.25) is 0 Å². The number of likely N-dealkylation sites (N-methyl/N-ethyl adjacent to an activating group) is 1. The first-order valence-corrected chi connectivity index (χ1v) is 7.90. The van der Waals surface area contributed by atoms with Crippen LogP contribution in [-0.4, -0.2) is 34.5 Å². The number of carbonyl (C=O) groups is 1. The van der Waals surface area contributed by atoms with Crippen LogP contribution < -0.4 is 10.3 Å². The maximum absolute atomic E-state index is 12.6. The number of hydrogen-bond acceptors (Lipinski definition) is 4. The number of fused-ring (bicyclic) bond motifs is 1. The Balaban J connectivity index is 1.80. The van der Waals surface area contributed by atoms with Crippen molar-refractivity contribution < 1.29 is 9.53 Å². The van der Waals surface area contributed by atoms with Gasteiger partial charge in [-0.25, -0.2) is 4.98 Å². The summed E-state index contributed by atoms with van der Waals surface area (Å²) in [5.41, 5.74) is 2.01. The zero-order valence-corrected chi connectivity index (χ0v) is 14.2. The molecule has 0 saturated carbocycles. The van der Waals surface area contributed by atoms with Crippen LogP contribution in [0.15, 0.2) is 59.5 Å². The maximum atomic E-state index is 12.6. The summed E-state index contributed by atoms with van der Waals surface area (Å²) >= 11 is 0. The summed E-state index contributed by atoms with van der Waals surface area (Å²) in [5.74, 6) is 0.593. The molecule has 0 bridgehead atoms. The van der Waals surface area contributed by atoms with Crippen LogP contribution in [0.4, 0.5) is 0 Å². The molecule has 3 aromatic rings. The van der Waals surface area contributed by atoms with Gasteiger partial charge in [0, 0.05) is 13.6 Å². The van der Waals surface area contributed by atoms with Gasteiger partial charge in [-0.15, -0.1) is 0 Å². The van der Waals surface area contributed by atoms with Gasteiger partial charge in [-0.3, -0.25) is 14.2 Å². The van der Waals surface area contributed by atoms with Crippen LogP contribution in [-0.2, 0) is 17.9 Å². The zero-order chi connectivity index (χ0) is 17.8. The molecule has 0 fully saturated rings. The van der Waals surface area contributed by atoms with Gasteiger partial charge in [-0.2, -0.15) is 0 Å². The highest BCUT2D eigenvalue weighted by atomic mass is 16.5. The largest absolute Gasteiger partial charge is 0.497 e. The molecule has 0 spiro atoms. The number of rotatable bonds is 5. The number of hydrogen-bond donors (Lipinski definition) is 0. The van der Waals surface area contributed by atoms with Crippen molar-refractivity contribution in [3.63, 3.8) is 0 Å². The topological polar surface area (TPSA) is 64.4 Å². The summed E-state index contributed by atoms with van der Waals surface area (Å²) in [7, 11) is 3.32. The highest BCUT2D eigenvalue weighted by Gasteiger charge is 2.13. The molecular weight excluding hydrogens is 318 g/mol. The van der Waals surface area contributed by atoms with Crippen molar-refractivity contribution in [3.8, 4) is 5.75 Å². The predicted molar refractivity (Wildman–Crippen MR) is 95.5 cm³/mol. The Labute approximate surface area is 145 Å². The maximum Gasteiger partial charge on any atom is 0.269 e. The van der Waals surface area contributed by atoms with Crippen LogP contribution in [0.3, 0.4) is 0 Å². The van der Waals surface area contributed by atoms with Gasteiger partial charge < -0.3 is 9.64 Å². The minimum absolute atomic E-state index is 0.0255. The van der Waals surface area contributed by atoms with Crippen molar-refractivity contribution in [1.29, 1.82) is 0 Å². The lowest BCUT2D eigenvalue weighted by Gasteiger charge is -2.19. The Hall–Kier alpha value is -3.15. The smallest absolute Gasteiger partial charge is 0.269 e. The molecule has 128 valence electrons. The van der Waals surface area contributed by atoms with Crippen molar-refractivity contribution in [2.24, 2.45) is 0 Å². The molecule has 6 nitrogen and oxygen atoms in total. The van der Waals surface area contributed by atoms with Crippen LogP contribution in [0.1, 0.15) is 5.56 Å². The molecule has 0 atom stereocenters. The normalized spacial score (nSPS) is 10.6. The third kappa shape index (κ3) is 3.68. The molecule has 2 aromatic carbocycles. The Morgan fingerprint density at radius 2 is 2.00 bits per heavy atom. The average molecular weight is 337 g/mol. The first-order chi connectivity index (χ1) is 12.1. The number of benzene rings is 2. The van der Waals surface area contributed by atoms with Crippen LogP contribution >= 0.6 is 0 Å². The van der Waals surface area contributed by atoms with E-state index in [0.29, 0.717) is 17.6 Å². The van der Waals surface area contributed by atoms with Gasteiger partial charge >= 0.3 is 0 Å². The first-order valence-electron chi connectivity index (χ1n) is 7.90. The van der Waals surface area contributed by atoms with Gasteiger partial charge in [0.1, 0.15) is 12.3 Å². The molecule has 0 aliphatic heterocycles.